The highest BCUT2D eigenvalue weighted by Gasteiger charge is 2.06. The molecule has 2 heterocycles. The van der Waals surface area contributed by atoms with Gasteiger partial charge in [0.25, 0.3) is 0 Å². The highest BCUT2D eigenvalue weighted by atomic mass is 32.1. The third kappa shape index (κ3) is 3.78. The molecule has 4 nitrogen and oxygen atoms in total. The Morgan fingerprint density at radius 1 is 1.33 bits per heavy atom. The van der Waals surface area contributed by atoms with E-state index >= 15 is 0 Å². The summed E-state index contributed by atoms with van der Waals surface area (Å²) >= 11 is 1.50. The molecule has 0 aliphatic heterocycles. The molecule has 0 radical (unpaired) electrons. The molecule has 0 amide bonds. The van der Waals surface area contributed by atoms with Crippen molar-refractivity contribution in [3.63, 3.8) is 0 Å². The number of hydrogen-bond donors (Lipinski definition) is 1. The van der Waals surface area contributed by atoms with Crippen LogP contribution in [0, 0.1) is 0 Å². The molecular formula is C13H18N4S. The molecule has 2 rings (SSSR count). The zero-order valence-electron chi connectivity index (χ0n) is 10.5. The minimum absolute atomic E-state index is 0.651. The topological polar surface area (TPSA) is 55.0 Å². The molecule has 0 aliphatic carbocycles. The molecule has 0 saturated carbocycles. The standard InChI is InChI=1S/C13H18N4S/c1-2-17(9-11-5-3-4-7-15-11)8-6-12-10-18-13(14)16-12/h3-5,7,10H,2,6,8-9H2,1H3,(H2,14,16). The van der Waals surface area contributed by atoms with Crippen LogP contribution in [0.5, 0.6) is 0 Å². The van der Waals surface area contributed by atoms with E-state index < -0.39 is 0 Å². The number of thiazole rings is 1. The van der Waals surface area contributed by atoms with Gasteiger partial charge < -0.3 is 5.73 Å². The number of nitrogens with zero attached hydrogens (tertiary/aromatic N) is 3. The predicted molar refractivity (Wildman–Crippen MR) is 75.4 cm³/mol. The molecule has 96 valence electrons. The van der Waals surface area contributed by atoms with Gasteiger partial charge in [-0.1, -0.05) is 13.0 Å². The summed E-state index contributed by atoms with van der Waals surface area (Å²) in [5.41, 5.74) is 7.81. The van der Waals surface area contributed by atoms with Crippen LogP contribution in [0.2, 0.25) is 0 Å². The van der Waals surface area contributed by atoms with E-state index in [9.17, 15) is 0 Å². The number of likely N-dealkylation sites (N-methyl/N-ethyl adjacent to an activating group) is 1. The summed E-state index contributed by atoms with van der Waals surface area (Å²) < 4.78 is 0. The molecule has 0 aromatic carbocycles. The lowest BCUT2D eigenvalue weighted by atomic mass is 10.3. The van der Waals surface area contributed by atoms with E-state index in [0.717, 1.165) is 37.4 Å². The van der Waals surface area contributed by atoms with E-state index in [0.29, 0.717) is 5.13 Å². The fourth-order valence-corrected chi connectivity index (χ4v) is 2.38. The molecule has 2 aromatic heterocycles. The van der Waals surface area contributed by atoms with Crippen LogP contribution in [-0.2, 0) is 13.0 Å². The van der Waals surface area contributed by atoms with Crippen molar-refractivity contribution < 1.29 is 0 Å². The smallest absolute Gasteiger partial charge is 0.180 e. The van der Waals surface area contributed by atoms with Crippen molar-refractivity contribution >= 4 is 16.5 Å². The average Bonchev–Trinajstić information content (AvgIpc) is 2.81. The minimum Gasteiger partial charge on any atom is -0.375 e. The van der Waals surface area contributed by atoms with Crippen molar-refractivity contribution in [2.45, 2.75) is 19.9 Å². The molecule has 0 unspecified atom stereocenters. The van der Waals surface area contributed by atoms with Crippen molar-refractivity contribution in [2.75, 3.05) is 18.8 Å². The van der Waals surface area contributed by atoms with Crippen LogP contribution in [0.1, 0.15) is 18.3 Å². The van der Waals surface area contributed by atoms with E-state index in [1.54, 1.807) is 0 Å². The quantitative estimate of drug-likeness (QED) is 0.867. The maximum atomic E-state index is 5.62. The van der Waals surface area contributed by atoms with Gasteiger partial charge in [0.1, 0.15) is 0 Å². The molecule has 18 heavy (non-hydrogen) atoms. The molecule has 0 atom stereocenters. The van der Waals surface area contributed by atoms with Gasteiger partial charge >= 0.3 is 0 Å². The van der Waals surface area contributed by atoms with Gasteiger partial charge in [-0.05, 0) is 18.7 Å². The van der Waals surface area contributed by atoms with Crippen LogP contribution < -0.4 is 5.73 Å². The van der Waals surface area contributed by atoms with E-state index in [1.165, 1.54) is 11.3 Å². The number of rotatable bonds is 6. The fraction of sp³-hybridized carbons (Fsp3) is 0.385. The summed E-state index contributed by atoms with van der Waals surface area (Å²) in [4.78, 5) is 11.0. The average molecular weight is 262 g/mol. The lowest BCUT2D eigenvalue weighted by molar-refractivity contribution is 0.279. The van der Waals surface area contributed by atoms with Gasteiger partial charge in [0.15, 0.2) is 5.13 Å². The SMILES string of the molecule is CCN(CCc1csc(N)n1)Cc1ccccn1. The maximum Gasteiger partial charge on any atom is 0.180 e. The van der Waals surface area contributed by atoms with Crippen LogP contribution in [0.4, 0.5) is 5.13 Å². The van der Waals surface area contributed by atoms with E-state index in [-0.39, 0.29) is 0 Å². The minimum atomic E-state index is 0.651. The number of hydrogen-bond acceptors (Lipinski definition) is 5. The first-order valence-corrected chi connectivity index (χ1v) is 6.98. The number of nitrogens with two attached hydrogens (primary N) is 1. The molecular weight excluding hydrogens is 244 g/mol. The summed E-state index contributed by atoms with van der Waals surface area (Å²) in [6, 6.07) is 6.03. The van der Waals surface area contributed by atoms with Gasteiger partial charge in [0.2, 0.25) is 0 Å². The second-order valence-electron chi connectivity index (χ2n) is 4.12. The van der Waals surface area contributed by atoms with Crippen LogP contribution >= 0.6 is 11.3 Å². The Kier molecular flexibility index (Phi) is 4.66. The van der Waals surface area contributed by atoms with Crippen molar-refractivity contribution in [2.24, 2.45) is 0 Å². The number of anilines is 1. The Morgan fingerprint density at radius 3 is 2.83 bits per heavy atom. The third-order valence-electron chi connectivity index (χ3n) is 2.81. The van der Waals surface area contributed by atoms with E-state index in [2.05, 4.69) is 27.9 Å². The third-order valence-corrected chi connectivity index (χ3v) is 3.54. The summed E-state index contributed by atoms with van der Waals surface area (Å²) in [6.07, 6.45) is 2.78. The second-order valence-corrected chi connectivity index (χ2v) is 5.01. The first-order chi connectivity index (χ1) is 8.78. The lowest BCUT2D eigenvalue weighted by Gasteiger charge is -2.19. The monoisotopic (exact) mass is 262 g/mol. The van der Waals surface area contributed by atoms with Crippen molar-refractivity contribution in [1.82, 2.24) is 14.9 Å². The van der Waals surface area contributed by atoms with Gasteiger partial charge in [-0.15, -0.1) is 11.3 Å². The zero-order valence-corrected chi connectivity index (χ0v) is 11.4. The highest BCUT2D eigenvalue weighted by molar-refractivity contribution is 7.13. The molecule has 0 saturated heterocycles. The van der Waals surface area contributed by atoms with E-state index in [4.69, 9.17) is 5.73 Å². The van der Waals surface area contributed by atoms with Crippen LogP contribution in [-0.4, -0.2) is 28.0 Å². The Labute approximate surface area is 111 Å². The molecule has 0 aliphatic rings. The van der Waals surface area contributed by atoms with Crippen LogP contribution in [0.15, 0.2) is 29.8 Å². The molecule has 2 N–H and O–H groups in total. The zero-order chi connectivity index (χ0) is 12.8. The Balaban J connectivity index is 1.86. The van der Waals surface area contributed by atoms with Gasteiger partial charge in [0, 0.05) is 31.1 Å². The lowest BCUT2D eigenvalue weighted by Crippen LogP contribution is -2.25. The van der Waals surface area contributed by atoms with E-state index in [1.807, 2.05) is 23.7 Å². The highest BCUT2D eigenvalue weighted by Crippen LogP contribution is 2.12. The predicted octanol–water partition coefficient (Wildman–Crippen LogP) is 2.18. The molecule has 0 spiro atoms. The van der Waals surface area contributed by atoms with Crippen LogP contribution in [0.3, 0.4) is 0 Å². The van der Waals surface area contributed by atoms with Gasteiger partial charge in [-0.25, -0.2) is 4.98 Å². The maximum absolute atomic E-state index is 5.62. The molecule has 0 bridgehead atoms. The Bertz CT molecular complexity index is 469. The van der Waals surface area contributed by atoms with Gasteiger partial charge in [0.05, 0.1) is 11.4 Å². The largest absolute Gasteiger partial charge is 0.375 e. The summed E-state index contributed by atoms with van der Waals surface area (Å²) in [7, 11) is 0. The van der Waals surface area contributed by atoms with Gasteiger partial charge in [-0.2, -0.15) is 0 Å². The number of pyridine rings is 1. The fourth-order valence-electron chi connectivity index (χ4n) is 1.78. The van der Waals surface area contributed by atoms with Crippen molar-refractivity contribution in [1.29, 1.82) is 0 Å². The van der Waals surface area contributed by atoms with Crippen molar-refractivity contribution in [3.05, 3.63) is 41.2 Å². The summed E-state index contributed by atoms with van der Waals surface area (Å²) in [6.45, 7) is 5.04. The Hall–Kier alpha value is -1.46. The first kappa shape index (κ1) is 13.0. The summed E-state index contributed by atoms with van der Waals surface area (Å²) in [5.74, 6) is 0. The van der Waals surface area contributed by atoms with Gasteiger partial charge in [-0.3, -0.25) is 9.88 Å². The summed E-state index contributed by atoms with van der Waals surface area (Å²) in [5, 5.41) is 2.68. The normalized spacial score (nSPS) is 11.0. The number of nitrogen functional groups attached to an aromatic ring is 1. The molecule has 2 aromatic rings. The number of aromatic nitrogens is 2. The Morgan fingerprint density at radius 2 is 2.22 bits per heavy atom. The molecule has 5 heteroatoms. The van der Waals surface area contributed by atoms with Crippen molar-refractivity contribution in [3.8, 4) is 0 Å². The second kappa shape index (κ2) is 6.47. The first-order valence-electron chi connectivity index (χ1n) is 6.10. The van der Waals surface area contributed by atoms with Crippen LogP contribution in [0.25, 0.3) is 0 Å². The molecule has 0 fully saturated rings.